The smallest absolute Gasteiger partial charge is 0.169 e. The van der Waals surface area contributed by atoms with E-state index in [0.717, 1.165) is 16.9 Å². The third kappa shape index (κ3) is 4.36. The summed E-state index contributed by atoms with van der Waals surface area (Å²) in [5.41, 5.74) is 0. The van der Waals surface area contributed by atoms with Crippen LogP contribution < -0.4 is 5.32 Å². The molecule has 0 aliphatic rings. The van der Waals surface area contributed by atoms with E-state index in [-0.39, 0.29) is 18.2 Å². The highest BCUT2D eigenvalue weighted by atomic mass is 79.9. The van der Waals surface area contributed by atoms with Crippen molar-refractivity contribution >= 4 is 15.9 Å². The Morgan fingerprint density at radius 2 is 2.07 bits per heavy atom. The molecule has 3 nitrogen and oxygen atoms in total. The van der Waals surface area contributed by atoms with Crippen LogP contribution in [0.3, 0.4) is 0 Å². The number of rotatable bonds is 5. The van der Waals surface area contributed by atoms with E-state index in [2.05, 4.69) is 28.2 Å². The van der Waals surface area contributed by atoms with Crippen molar-refractivity contribution < 1.29 is 9.52 Å². The number of aliphatic hydroxyl groups excluding tert-OH is 1. The van der Waals surface area contributed by atoms with Gasteiger partial charge in [0.15, 0.2) is 4.67 Å². The molecule has 0 radical (unpaired) electrons. The summed E-state index contributed by atoms with van der Waals surface area (Å²) in [6, 6.07) is 4.25. The van der Waals surface area contributed by atoms with Gasteiger partial charge >= 0.3 is 0 Å². The second kappa shape index (κ2) is 5.68. The highest BCUT2D eigenvalue weighted by molar-refractivity contribution is 9.10. The average molecular weight is 276 g/mol. The zero-order valence-electron chi connectivity index (χ0n) is 9.33. The van der Waals surface area contributed by atoms with Crippen LogP contribution in [0.2, 0.25) is 0 Å². The molecule has 0 aliphatic carbocycles. The molecule has 3 atom stereocenters. The van der Waals surface area contributed by atoms with Gasteiger partial charge in [0.05, 0.1) is 12.1 Å². The first-order valence-corrected chi connectivity index (χ1v) is 5.97. The molecule has 0 amide bonds. The van der Waals surface area contributed by atoms with E-state index in [1.54, 1.807) is 6.92 Å². The van der Waals surface area contributed by atoms with E-state index < -0.39 is 0 Å². The summed E-state index contributed by atoms with van der Waals surface area (Å²) in [6.45, 7) is 5.90. The molecule has 1 aromatic heterocycles. The zero-order chi connectivity index (χ0) is 11.4. The first-order chi connectivity index (χ1) is 6.99. The Hall–Kier alpha value is -0.320. The second-order valence-electron chi connectivity index (χ2n) is 4.02. The van der Waals surface area contributed by atoms with Crippen LogP contribution >= 0.6 is 15.9 Å². The predicted octanol–water partition coefficient (Wildman–Crippen LogP) is 2.85. The summed E-state index contributed by atoms with van der Waals surface area (Å²) in [6.07, 6.45) is 0.467. The summed E-state index contributed by atoms with van der Waals surface area (Å²) in [4.78, 5) is 0. The van der Waals surface area contributed by atoms with Crippen LogP contribution in [-0.2, 0) is 0 Å². The fourth-order valence-corrected chi connectivity index (χ4v) is 1.97. The molecule has 86 valence electrons. The van der Waals surface area contributed by atoms with Crippen molar-refractivity contribution in [2.45, 2.75) is 45.4 Å². The van der Waals surface area contributed by atoms with Gasteiger partial charge in [-0.15, -0.1) is 0 Å². The van der Waals surface area contributed by atoms with Crippen LogP contribution in [0.25, 0.3) is 0 Å². The Bertz CT molecular complexity index is 299. The van der Waals surface area contributed by atoms with Crippen LogP contribution in [0.5, 0.6) is 0 Å². The fraction of sp³-hybridized carbons (Fsp3) is 0.636. The van der Waals surface area contributed by atoms with Gasteiger partial charge in [0.2, 0.25) is 0 Å². The van der Waals surface area contributed by atoms with Crippen molar-refractivity contribution in [2.75, 3.05) is 0 Å². The molecule has 0 bridgehead atoms. The van der Waals surface area contributed by atoms with E-state index in [4.69, 9.17) is 4.42 Å². The molecule has 1 aromatic rings. The number of nitrogens with one attached hydrogen (secondary N) is 1. The zero-order valence-corrected chi connectivity index (χ0v) is 10.9. The normalized spacial score (nSPS) is 17.4. The molecule has 2 N–H and O–H groups in total. The van der Waals surface area contributed by atoms with Crippen molar-refractivity contribution in [3.63, 3.8) is 0 Å². The molecule has 0 aliphatic heterocycles. The lowest BCUT2D eigenvalue weighted by Gasteiger charge is -2.19. The van der Waals surface area contributed by atoms with Crippen molar-refractivity contribution in [3.05, 3.63) is 22.6 Å². The Labute approximate surface area is 99.0 Å². The molecule has 3 unspecified atom stereocenters. The van der Waals surface area contributed by atoms with E-state index in [0.29, 0.717) is 0 Å². The van der Waals surface area contributed by atoms with Crippen LogP contribution in [-0.4, -0.2) is 17.3 Å². The van der Waals surface area contributed by atoms with E-state index >= 15 is 0 Å². The maximum Gasteiger partial charge on any atom is 0.169 e. The van der Waals surface area contributed by atoms with E-state index in [1.165, 1.54) is 0 Å². The Balaban J connectivity index is 2.45. The number of halogens is 1. The third-order valence-electron chi connectivity index (χ3n) is 2.25. The molecule has 0 saturated carbocycles. The quantitative estimate of drug-likeness (QED) is 0.869. The molecule has 0 spiro atoms. The van der Waals surface area contributed by atoms with Gasteiger partial charge in [-0.2, -0.15) is 0 Å². The summed E-state index contributed by atoms with van der Waals surface area (Å²) >= 11 is 3.27. The van der Waals surface area contributed by atoms with Crippen molar-refractivity contribution in [2.24, 2.45) is 0 Å². The molecule has 0 saturated heterocycles. The van der Waals surface area contributed by atoms with Crippen molar-refractivity contribution in [1.82, 2.24) is 5.32 Å². The van der Waals surface area contributed by atoms with Crippen LogP contribution in [0.1, 0.15) is 39.0 Å². The minimum atomic E-state index is -0.275. The van der Waals surface area contributed by atoms with Gasteiger partial charge in [0.1, 0.15) is 5.76 Å². The summed E-state index contributed by atoms with van der Waals surface area (Å²) in [5.74, 6) is 0.902. The molecular weight excluding hydrogens is 258 g/mol. The largest absolute Gasteiger partial charge is 0.453 e. The van der Waals surface area contributed by atoms with Gasteiger partial charge in [-0.3, -0.25) is 0 Å². The SMILES string of the molecule is CC(O)CC(C)NC(C)c1ccc(Br)o1. The lowest BCUT2D eigenvalue weighted by molar-refractivity contribution is 0.167. The minimum absolute atomic E-state index is 0.157. The number of aliphatic hydroxyl groups is 1. The Kier molecular flexibility index (Phi) is 4.83. The molecule has 4 heteroatoms. The van der Waals surface area contributed by atoms with Crippen molar-refractivity contribution in [3.8, 4) is 0 Å². The van der Waals surface area contributed by atoms with Crippen LogP contribution in [0, 0.1) is 0 Å². The third-order valence-corrected chi connectivity index (χ3v) is 2.68. The lowest BCUT2D eigenvalue weighted by atomic mass is 10.1. The molecule has 1 rings (SSSR count). The Morgan fingerprint density at radius 1 is 1.40 bits per heavy atom. The first kappa shape index (κ1) is 12.7. The predicted molar refractivity (Wildman–Crippen MR) is 63.7 cm³/mol. The van der Waals surface area contributed by atoms with Crippen LogP contribution in [0.4, 0.5) is 0 Å². The number of hydrogen-bond donors (Lipinski definition) is 2. The summed E-state index contributed by atoms with van der Waals surface area (Å²) in [5, 5.41) is 12.6. The minimum Gasteiger partial charge on any atom is -0.453 e. The highest BCUT2D eigenvalue weighted by Crippen LogP contribution is 2.20. The summed E-state index contributed by atoms with van der Waals surface area (Å²) in [7, 11) is 0. The first-order valence-electron chi connectivity index (χ1n) is 5.18. The second-order valence-corrected chi connectivity index (χ2v) is 4.80. The monoisotopic (exact) mass is 275 g/mol. The number of furan rings is 1. The number of hydrogen-bond acceptors (Lipinski definition) is 3. The molecule has 0 fully saturated rings. The van der Waals surface area contributed by atoms with Gasteiger partial charge in [-0.25, -0.2) is 0 Å². The van der Waals surface area contributed by atoms with E-state index in [9.17, 15) is 5.11 Å². The van der Waals surface area contributed by atoms with Gasteiger partial charge in [-0.05, 0) is 55.3 Å². The van der Waals surface area contributed by atoms with Crippen LogP contribution in [0.15, 0.2) is 21.2 Å². The average Bonchev–Trinajstić information content (AvgIpc) is 2.49. The maximum absolute atomic E-state index is 9.24. The molecular formula is C11H18BrNO2. The Morgan fingerprint density at radius 3 is 2.53 bits per heavy atom. The molecule has 15 heavy (non-hydrogen) atoms. The standard InChI is InChI=1S/C11H18BrNO2/c1-7(6-8(2)14)13-9(3)10-4-5-11(12)15-10/h4-5,7-9,13-14H,6H2,1-3H3. The topological polar surface area (TPSA) is 45.4 Å². The van der Waals surface area contributed by atoms with Gasteiger partial charge in [-0.1, -0.05) is 0 Å². The lowest BCUT2D eigenvalue weighted by Crippen LogP contribution is -2.31. The fourth-order valence-electron chi connectivity index (χ4n) is 1.65. The molecule has 0 aromatic carbocycles. The van der Waals surface area contributed by atoms with Gasteiger partial charge in [0.25, 0.3) is 0 Å². The highest BCUT2D eigenvalue weighted by Gasteiger charge is 2.13. The van der Waals surface area contributed by atoms with Gasteiger partial charge < -0.3 is 14.8 Å². The van der Waals surface area contributed by atoms with Gasteiger partial charge in [0, 0.05) is 6.04 Å². The summed E-state index contributed by atoms with van der Waals surface area (Å²) < 4.78 is 6.19. The van der Waals surface area contributed by atoms with Crippen molar-refractivity contribution in [1.29, 1.82) is 0 Å². The van der Waals surface area contributed by atoms with E-state index in [1.807, 2.05) is 19.1 Å². The maximum atomic E-state index is 9.24. The molecule has 1 heterocycles.